The fraction of sp³-hybridized carbons (Fsp3) is 0.964. The lowest BCUT2D eigenvalue weighted by atomic mass is 9.82. The van der Waals surface area contributed by atoms with Crippen LogP contribution in [0, 0.1) is 11.8 Å². The second-order valence-corrected chi connectivity index (χ2v) is 12.3. The molecule has 2 aliphatic carbocycles. The van der Waals surface area contributed by atoms with E-state index in [2.05, 4.69) is 33.7 Å². The van der Waals surface area contributed by atoms with Gasteiger partial charge in [0, 0.05) is 77.3 Å². The van der Waals surface area contributed by atoms with Gasteiger partial charge in [-0.15, -0.1) is 0 Å². The quantitative estimate of drug-likeness (QED) is 0.397. The van der Waals surface area contributed by atoms with Crippen molar-refractivity contribution >= 4 is 5.78 Å². The Bertz CT molecular complexity index is 717. The average Bonchev–Trinajstić information content (AvgIpc) is 2.89. The molecule has 11 heteroatoms. The lowest BCUT2D eigenvalue weighted by Crippen LogP contribution is -2.50. The van der Waals surface area contributed by atoms with E-state index in [0.717, 1.165) is 104 Å². The molecule has 0 aromatic carbocycles. The van der Waals surface area contributed by atoms with Crippen LogP contribution in [-0.2, 0) is 4.79 Å². The molecule has 39 heavy (non-hydrogen) atoms. The minimum Gasteiger partial charge on any atom is -0.304 e. The molecule has 4 rings (SSSR count). The van der Waals surface area contributed by atoms with Gasteiger partial charge in [0.05, 0.1) is 0 Å². The van der Waals surface area contributed by atoms with Gasteiger partial charge in [-0.05, 0) is 83.7 Å². The van der Waals surface area contributed by atoms with Gasteiger partial charge in [0.25, 0.3) is 0 Å². The Morgan fingerprint density at radius 3 is 1.36 bits per heavy atom. The molecule has 2 saturated heterocycles. The van der Waals surface area contributed by atoms with Crippen LogP contribution in [0.5, 0.6) is 0 Å². The summed E-state index contributed by atoms with van der Waals surface area (Å²) >= 11 is 0. The molecule has 2 heterocycles. The van der Waals surface area contributed by atoms with Gasteiger partial charge in [-0.1, -0.05) is 0 Å². The van der Waals surface area contributed by atoms with Crippen LogP contribution in [0.2, 0.25) is 0 Å². The highest BCUT2D eigenvalue weighted by molar-refractivity contribution is 5.84. The molecule has 0 aromatic rings. The van der Waals surface area contributed by atoms with E-state index in [1.165, 1.54) is 0 Å². The van der Waals surface area contributed by atoms with Gasteiger partial charge in [0.15, 0.2) is 0 Å². The van der Waals surface area contributed by atoms with Gasteiger partial charge < -0.3 is 9.80 Å². The number of alkyl halides is 6. The first-order chi connectivity index (χ1) is 18.3. The number of nitrogens with zero attached hydrogens (tertiary/aromatic N) is 4. The van der Waals surface area contributed by atoms with Crippen LogP contribution in [0.4, 0.5) is 26.3 Å². The molecule has 0 atom stereocenters. The van der Waals surface area contributed by atoms with Crippen molar-refractivity contribution in [3.05, 3.63) is 0 Å². The molecule has 0 aromatic heterocycles. The van der Waals surface area contributed by atoms with Crippen molar-refractivity contribution in [2.24, 2.45) is 11.8 Å². The molecule has 5 nitrogen and oxygen atoms in total. The zero-order chi connectivity index (χ0) is 28.6. The van der Waals surface area contributed by atoms with Gasteiger partial charge >= 0.3 is 12.4 Å². The van der Waals surface area contributed by atoms with Crippen molar-refractivity contribution in [1.29, 1.82) is 0 Å². The van der Waals surface area contributed by atoms with Crippen LogP contribution < -0.4 is 0 Å². The molecule has 0 unspecified atom stereocenters. The number of ketones is 1. The molecule has 228 valence electrons. The van der Waals surface area contributed by atoms with Crippen LogP contribution >= 0.6 is 0 Å². The maximum atomic E-state index is 12.2. The number of carbonyl (C=O) groups is 1. The molecule has 0 radical (unpaired) electrons. The second-order valence-electron chi connectivity index (χ2n) is 12.3. The summed E-state index contributed by atoms with van der Waals surface area (Å²) in [5, 5.41) is 0. The minimum absolute atomic E-state index is 0.0761. The standard InChI is InChI=1S/C14H23F3N2O.C14H25F3N2/c1-18-6-8-19(9-7-18)12-4-2-11(3-5-12)10-13(20)14(15,16)17;1-18-8-10-19(11-9-18)13-4-2-12(3-5-13)6-7-14(15,16)17/h11-12H,2-10H2,1H3;12-13H,2-11H2,1H3. The summed E-state index contributed by atoms with van der Waals surface area (Å²) in [6.45, 7) is 8.70. The molecular weight excluding hydrogens is 522 g/mol. The molecule has 0 N–H and O–H groups in total. The summed E-state index contributed by atoms with van der Waals surface area (Å²) in [6.07, 6.45) is -1.73. The number of hydrogen-bond acceptors (Lipinski definition) is 5. The SMILES string of the molecule is CN1CCN(C2CCC(CC(=O)C(F)(F)F)CC2)CC1.CN1CCN(C2CCC(CCC(F)(F)F)CC2)CC1. The summed E-state index contributed by atoms with van der Waals surface area (Å²) in [7, 11) is 4.25. The third-order valence-electron chi connectivity index (χ3n) is 9.37. The molecule has 2 aliphatic heterocycles. The fourth-order valence-electron chi connectivity index (χ4n) is 6.63. The van der Waals surface area contributed by atoms with Crippen LogP contribution in [-0.4, -0.2) is 116 Å². The third-order valence-corrected chi connectivity index (χ3v) is 9.37. The zero-order valence-electron chi connectivity index (χ0n) is 23.7. The van der Waals surface area contributed by atoms with E-state index in [1.807, 2.05) is 0 Å². The third kappa shape index (κ3) is 11.5. The minimum atomic E-state index is -4.66. The van der Waals surface area contributed by atoms with E-state index in [9.17, 15) is 31.1 Å². The Hall–Kier alpha value is -0.910. The number of rotatable bonds is 6. The number of carbonyl (C=O) groups excluding carboxylic acids is 1. The maximum absolute atomic E-state index is 12.2. The van der Waals surface area contributed by atoms with Gasteiger partial charge in [-0.25, -0.2) is 0 Å². The monoisotopic (exact) mass is 570 g/mol. The summed E-state index contributed by atoms with van der Waals surface area (Å²) in [4.78, 5) is 20.6. The lowest BCUT2D eigenvalue weighted by molar-refractivity contribution is -0.172. The van der Waals surface area contributed by atoms with Gasteiger partial charge in [0.2, 0.25) is 5.78 Å². The second kappa shape index (κ2) is 14.8. The highest BCUT2D eigenvalue weighted by Gasteiger charge is 2.40. The summed E-state index contributed by atoms with van der Waals surface area (Å²) in [5.41, 5.74) is 0. The van der Waals surface area contributed by atoms with Gasteiger partial charge in [0.1, 0.15) is 0 Å². The molecule has 0 spiro atoms. The fourth-order valence-corrected chi connectivity index (χ4v) is 6.63. The highest BCUT2D eigenvalue weighted by Crippen LogP contribution is 2.34. The number of hydrogen-bond donors (Lipinski definition) is 0. The zero-order valence-corrected chi connectivity index (χ0v) is 23.7. The molecular formula is C28H48F6N4O. The van der Waals surface area contributed by atoms with Crippen molar-refractivity contribution in [1.82, 2.24) is 19.6 Å². The smallest absolute Gasteiger partial charge is 0.304 e. The first-order valence-corrected chi connectivity index (χ1v) is 14.8. The van der Waals surface area contributed by atoms with Crippen LogP contribution in [0.3, 0.4) is 0 Å². The molecule has 4 fully saturated rings. The van der Waals surface area contributed by atoms with Crippen LogP contribution in [0.25, 0.3) is 0 Å². The molecule has 2 saturated carbocycles. The van der Waals surface area contributed by atoms with Gasteiger partial charge in [-0.3, -0.25) is 14.6 Å². The van der Waals surface area contributed by atoms with Crippen molar-refractivity contribution in [3.8, 4) is 0 Å². The van der Waals surface area contributed by atoms with Crippen molar-refractivity contribution in [3.63, 3.8) is 0 Å². The van der Waals surface area contributed by atoms with Crippen molar-refractivity contribution < 1.29 is 31.1 Å². The van der Waals surface area contributed by atoms with E-state index in [4.69, 9.17) is 0 Å². The number of likely N-dealkylation sites (N-methyl/N-ethyl adjacent to an activating group) is 2. The molecule has 0 bridgehead atoms. The predicted molar refractivity (Wildman–Crippen MR) is 141 cm³/mol. The summed E-state index contributed by atoms with van der Waals surface area (Å²) in [5.74, 6) is -1.33. The Labute approximate surface area is 230 Å². The normalized spacial score (nSPS) is 31.0. The Balaban J connectivity index is 0.000000216. The first-order valence-electron chi connectivity index (χ1n) is 14.8. The van der Waals surface area contributed by atoms with Crippen molar-refractivity contribution in [2.75, 3.05) is 66.5 Å². The summed E-state index contributed by atoms with van der Waals surface area (Å²) < 4.78 is 73.3. The maximum Gasteiger partial charge on any atom is 0.449 e. The van der Waals surface area contributed by atoms with Crippen LogP contribution in [0.15, 0.2) is 0 Å². The Kier molecular flexibility index (Phi) is 12.4. The van der Waals surface area contributed by atoms with E-state index < -0.39 is 24.6 Å². The van der Waals surface area contributed by atoms with E-state index in [-0.39, 0.29) is 12.3 Å². The highest BCUT2D eigenvalue weighted by atomic mass is 19.4. The first kappa shape index (κ1) is 32.6. The number of halogens is 6. The van der Waals surface area contributed by atoms with E-state index >= 15 is 0 Å². The van der Waals surface area contributed by atoms with Gasteiger partial charge in [-0.2, -0.15) is 26.3 Å². The number of piperazine rings is 2. The van der Waals surface area contributed by atoms with Crippen molar-refractivity contribution in [2.45, 2.75) is 95.1 Å². The topological polar surface area (TPSA) is 30.0 Å². The Morgan fingerprint density at radius 1 is 0.615 bits per heavy atom. The largest absolute Gasteiger partial charge is 0.449 e. The average molecular weight is 571 g/mol. The lowest BCUT2D eigenvalue weighted by Gasteiger charge is -2.41. The van der Waals surface area contributed by atoms with Crippen LogP contribution in [0.1, 0.15) is 70.6 Å². The number of Topliss-reactive ketones (excluding diaryl/α,β-unsaturated/α-hetero) is 1. The predicted octanol–water partition coefficient (Wildman–Crippen LogP) is 5.45. The van der Waals surface area contributed by atoms with E-state index in [0.29, 0.717) is 24.4 Å². The Morgan fingerprint density at radius 2 is 1.00 bits per heavy atom. The molecule has 0 amide bonds. The molecule has 4 aliphatic rings. The van der Waals surface area contributed by atoms with E-state index in [1.54, 1.807) is 0 Å². The summed E-state index contributed by atoms with van der Waals surface area (Å²) in [6, 6.07) is 1.12.